The van der Waals surface area contributed by atoms with Gasteiger partial charge in [-0.05, 0) is 31.5 Å². The Bertz CT molecular complexity index is 897. The molecule has 0 aliphatic rings. The first-order valence-corrected chi connectivity index (χ1v) is 8.50. The van der Waals surface area contributed by atoms with Gasteiger partial charge in [0, 0.05) is 0 Å². The van der Waals surface area contributed by atoms with Crippen LogP contribution in [0.15, 0.2) is 29.2 Å². The molecule has 0 spiro atoms. The fourth-order valence-corrected chi connectivity index (χ4v) is 3.85. The predicted molar refractivity (Wildman–Crippen MR) is 78.6 cm³/mol. The van der Waals surface area contributed by atoms with Crippen LogP contribution in [0.4, 0.5) is 0 Å². The van der Waals surface area contributed by atoms with Crippen molar-refractivity contribution in [2.45, 2.75) is 25.3 Å². The van der Waals surface area contributed by atoms with Crippen molar-refractivity contribution in [3.05, 3.63) is 40.7 Å². The first kappa shape index (κ1) is 14.1. The maximum Gasteiger partial charge on any atom is 0.240 e. The van der Waals surface area contributed by atoms with Crippen molar-refractivity contribution in [2.75, 3.05) is 0 Å². The van der Waals surface area contributed by atoms with E-state index in [2.05, 4.69) is 20.0 Å². The third-order valence-corrected chi connectivity index (χ3v) is 5.20. The monoisotopic (exact) mass is 323 g/mol. The molecule has 0 saturated heterocycles. The van der Waals surface area contributed by atoms with E-state index in [9.17, 15) is 8.42 Å². The molecule has 0 atom stereocenters. The van der Waals surface area contributed by atoms with Gasteiger partial charge in [0.15, 0.2) is 5.82 Å². The van der Waals surface area contributed by atoms with Crippen LogP contribution in [0.2, 0.25) is 0 Å². The highest BCUT2D eigenvalue weighted by molar-refractivity contribution is 7.89. The quantitative estimate of drug-likeness (QED) is 0.781. The highest BCUT2D eigenvalue weighted by Crippen LogP contribution is 2.15. The number of fused-ring (bicyclic) bond motifs is 1. The smallest absolute Gasteiger partial charge is 0.207 e. The van der Waals surface area contributed by atoms with Crippen LogP contribution in [0.1, 0.15) is 16.4 Å². The molecule has 110 valence electrons. The van der Waals surface area contributed by atoms with Crippen LogP contribution in [0.5, 0.6) is 0 Å². The van der Waals surface area contributed by atoms with Crippen LogP contribution in [-0.4, -0.2) is 28.2 Å². The average molecular weight is 323 g/mol. The van der Waals surface area contributed by atoms with Gasteiger partial charge >= 0.3 is 0 Å². The van der Waals surface area contributed by atoms with Crippen LogP contribution in [0.3, 0.4) is 0 Å². The lowest BCUT2D eigenvalue weighted by molar-refractivity contribution is 0.580. The second kappa shape index (κ2) is 5.17. The van der Waals surface area contributed by atoms with Gasteiger partial charge < -0.3 is 0 Å². The zero-order valence-electron chi connectivity index (χ0n) is 11.4. The molecule has 21 heavy (non-hydrogen) atoms. The molecule has 0 radical (unpaired) electrons. The van der Waals surface area contributed by atoms with Crippen molar-refractivity contribution in [2.24, 2.45) is 0 Å². The first-order chi connectivity index (χ1) is 9.95. The summed E-state index contributed by atoms with van der Waals surface area (Å²) in [6.07, 6.45) is 0. The van der Waals surface area contributed by atoms with E-state index in [1.54, 1.807) is 29.6 Å². The third kappa shape index (κ3) is 2.80. The van der Waals surface area contributed by atoms with Crippen LogP contribution in [0, 0.1) is 13.8 Å². The van der Waals surface area contributed by atoms with E-state index in [4.69, 9.17) is 0 Å². The lowest BCUT2D eigenvalue weighted by Gasteiger charge is -2.05. The molecule has 1 N–H and O–H groups in total. The Hall–Kier alpha value is -1.84. The summed E-state index contributed by atoms with van der Waals surface area (Å²) in [7, 11) is -3.54. The molecule has 9 heteroatoms. The molecule has 3 rings (SSSR count). The summed E-state index contributed by atoms with van der Waals surface area (Å²) in [6.45, 7) is 3.77. The van der Waals surface area contributed by atoms with E-state index in [0.717, 1.165) is 5.56 Å². The fourth-order valence-electron chi connectivity index (χ4n) is 1.85. The van der Waals surface area contributed by atoms with Gasteiger partial charge in [-0.2, -0.15) is 9.61 Å². The van der Waals surface area contributed by atoms with Crippen molar-refractivity contribution in [3.8, 4) is 0 Å². The Kier molecular flexibility index (Phi) is 3.47. The molecular weight excluding hydrogens is 310 g/mol. The van der Waals surface area contributed by atoms with Crippen molar-refractivity contribution in [3.63, 3.8) is 0 Å². The molecule has 0 unspecified atom stereocenters. The summed E-state index contributed by atoms with van der Waals surface area (Å²) in [5.74, 6) is 0.675. The number of aromatic nitrogens is 4. The maximum atomic E-state index is 12.2. The van der Waals surface area contributed by atoms with Crippen LogP contribution >= 0.6 is 11.3 Å². The SMILES string of the molecule is Cc1cccc(S(=O)(=O)NCc2nn3c(C)nnc3s2)c1. The zero-order chi connectivity index (χ0) is 15.0. The summed E-state index contributed by atoms with van der Waals surface area (Å²) in [4.78, 5) is 0.902. The van der Waals surface area contributed by atoms with E-state index < -0.39 is 10.0 Å². The van der Waals surface area contributed by atoms with Gasteiger partial charge in [0.2, 0.25) is 15.0 Å². The van der Waals surface area contributed by atoms with Gasteiger partial charge in [-0.25, -0.2) is 13.1 Å². The Labute approximate surface area is 125 Å². The molecule has 0 aliphatic heterocycles. The summed E-state index contributed by atoms with van der Waals surface area (Å²) in [5, 5.41) is 12.7. The van der Waals surface area contributed by atoms with Gasteiger partial charge in [0.05, 0.1) is 11.4 Å². The molecule has 0 fully saturated rings. The Morgan fingerprint density at radius 2 is 2.10 bits per heavy atom. The number of hydrogen-bond donors (Lipinski definition) is 1. The van der Waals surface area contributed by atoms with Crippen LogP contribution in [-0.2, 0) is 16.6 Å². The van der Waals surface area contributed by atoms with E-state index >= 15 is 0 Å². The Morgan fingerprint density at radius 1 is 1.29 bits per heavy atom. The maximum absolute atomic E-state index is 12.2. The number of nitrogens with one attached hydrogen (secondary N) is 1. The number of nitrogens with zero attached hydrogens (tertiary/aromatic N) is 4. The summed E-state index contributed by atoms with van der Waals surface area (Å²) >= 11 is 1.31. The average Bonchev–Trinajstić information content (AvgIpc) is 2.99. The lowest BCUT2D eigenvalue weighted by Crippen LogP contribution is -2.23. The minimum atomic E-state index is -3.54. The molecule has 0 saturated carbocycles. The fraction of sp³-hybridized carbons (Fsp3) is 0.250. The lowest BCUT2D eigenvalue weighted by atomic mass is 10.2. The van der Waals surface area contributed by atoms with E-state index in [1.165, 1.54) is 11.3 Å². The van der Waals surface area contributed by atoms with Gasteiger partial charge in [-0.15, -0.1) is 10.2 Å². The summed E-state index contributed by atoms with van der Waals surface area (Å²) < 4.78 is 28.6. The van der Waals surface area contributed by atoms with E-state index in [-0.39, 0.29) is 11.4 Å². The van der Waals surface area contributed by atoms with Gasteiger partial charge in [-0.3, -0.25) is 0 Å². The molecule has 0 aliphatic carbocycles. The second-order valence-corrected chi connectivity index (χ2v) is 7.39. The van der Waals surface area contributed by atoms with Gasteiger partial charge in [0.1, 0.15) is 5.01 Å². The standard InChI is InChI=1S/C12H13N5O2S2/c1-8-4-3-5-10(6-8)21(18,19)13-7-11-16-17-9(2)14-15-12(17)20-11/h3-6,13H,7H2,1-2H3. The topological polar surface area (TPSA) is 89.2 Å². The molecule has 3 aromatic rings. The molecule has 2 aromatic heterocycles. The summed E-state index contributed by atoms with van der Waals surface area (Å²) in [6, 6.07) is 6.77. The van der Waals surface area contributed by atoms with Crippen molar-refractivity contribution < 1.29 is 8.42 Å². The normalized spacial score (nSPS) is 12.1. The number of sulfonamides is 1. The molecular formula is C12H13N5O2S2. The van der Waals surface area contributed by atoms with Gasteiger partial charge in [0.25, 0.3) is 0 Å². The highest BCUT2D eigenvalue weighted by Gasteiger charge is 2.16. The molecule has 2 heterocycles. The van der Waals surface area contributed by atoms with Crippen molar-refractivity contribution >= 4 is 26.3 Å². The van der Waals surface area contributed by atoms with E-state index in [1.807, 2.05) is 13.0 Å². The van der Waals surface area contributed by atoms with Crippen molar-refractivity contribution in [1.29, 1.82) is 0 Å². The van der Waals surface area contributed by atoms with E-state index in [0.29, 0.717) is 15.8 Å². The first-order valence-electron chi connectivity index (χ1n) is 6.20. The number of hydrogen-bond acceptors (Lipinski definition) is 6. The third-order valence-electron chi connectivity index (χ3n) is 2.90. The number of aryl methyl sites for hydroxylation is 2. The highest BCUT2D eigenvalue weighted by atomic mass is 32.2. The molecule has 0 amide bonds. The van der Waals surface area contributed by atoms with Crippen LogP contribution < -0.4 is 4.72 Å². The number of benzene rings is 1. The molecule has 1 aromatic carbocycles. The number of rotatable bonds is 4. The largest absolute Gasteiger partial charge is 0.240 e. The predicted octanol–water partition coefficient (Wildman–Crippen LogP) is 1.28. The molecule has 0 bridgehead atoms. The Balaban J connectivity index is 1.80. The zero-order valence-corrected chi connectivity index (χ0v) is 13.1. The summed E-state index contributed by atoms with van der Waals surface area (Å²) in [5.41, 5.74) is 0.896. The minimum absolute atomic E-state index is 0.129. The van der Waals surface area contributed by atoms with Crippen molar-refractivity contribution in [1.82, 2.24) is 24.5 Å². The minimum Gasteiger partial charge on any atom is -0.207 e. The second-order valence-electron chi connectivity index (χ2n) is 4.58. The molecule has 7 nitrogen and oxygen atoms in total. The van der Waals surface area contributed by atoms with Crippen LogP contribution in [0.25, 0.3) is 4.96 Å². The van der Waals surface area contributed by atoms with Gasteiger partial charge in [-0.1, -0.05) is 23.5 Å². The Morgan fingerprint density at radius 3 is 2.81 bits per heavy atom.